The van der Waals surface area contributed by atoms with Gasteiger partial charge in [0.2, 0.25) is 5.91 Å². The fraction of sp³-hybridized carbons (Fsp3) is 0.455. The Morgan fingerprint density at radius 3 is 2.69 bits per heavy atom. The van der Waals surface area contributed by atoms with Crippen LogP contribution in [0, 0.1) is 12.8 Å². The zero-order chi connectivity index (χ0) is 12.3. The summed E-state index contributed by atoms with van der Waals surface area (Å²) in [5, 5.41) is 0. The number of nitrogens with zero attached hydrogens (tertiary/aromatic N) is 1. The van der Waals surface area contributed by atoms with Gasteiger partial charge in [0.25, 0.3) is 0 Å². The molecule has 5 heteroatoms. The van der Waals surface area contributed by atoms with E-state index in [9.17, 15) is 4.79 Å². The second-order valence-corrected chi connectivity index (χ2v) is 4.30. The summed E-state index contributed by atoms with van der Waals surface area (Å²) in [7, 11) is 1.70. The SMILES string of the molecule is Cc1ccc(CN(C)C(=O)C(C)C(N)=S)o1. The molecule has 0 spiro atoms. The Morgan fingerprint density at radius 2 is 2.25 bits per heavy atom. The first-order chi connectivity index (χ1) is 7.41. The number of aryl methyl sites for hydroxylation is 1. The van der Waals surface area contributed by atoms with Crippen LogP contribution in [-0.4, -0.2) is 22.8 Å². The fourth-order valence-corrected chi connectivity index (χ4v) is 1.43. The van der Waals surface area contributed by atoms with Crippen LogP contribution in [0.15, 0.2) is 16.5 Å². The minimum absolute atomic E-state index is 0.0958. The second kappa shape index (κ2) is 5.12. The molecule has 4 nitrogen and oxygen atoms in total. The molecule has 1 heterocycles. The molecule has 0 saturated carbocycles. The van der Waals surface area contributed by atoms with E-state index in [4.69, 9.17) is 22.4 Å². The predicted octanol–water partition coefficient (Wildman–Crippen LogP) is 1.47. The van der Waals surface area contributed by atoms with Crippen molar-refractivity contribution in [3.8, 4) is 0 Å². The molecule has 0 radical (unpaired) electrons. The number of thiocarbonyl (C=S) groups is 1. The van der Waals surface area contributed by atoms with Crippen LogP contribution in [0.5, 0.6) is 0 Å². The molecule has 1 aromatic rings. The monoisotopic (exact) mass is 240 g/mol. The van der Waals surface area contributed by atoms with Crippen molar-refractivity contribution in [3.05, 3.63) is 23.7 Å². The topological polar surface area (TPSA) is 59.5 Å². The minimum Gasteiger partial charge on any atom is -0.464 e. The van der Waals surface area contributed by atoms with E-state index >= 15 is 0 Å². The van der Waals surface area contributed by atoms with Crippen LogP contribution in [0.3, 0.4) is 0 Å². The molecular weight excluding hydrogens is 224 g/mol. The summed E-state index contributed by atoms with van der Waals surface area (Å²) in [5.41, 5.74) is 5.43. The average molecular weight is 240 g/mol. The molecule has 0 saturated heterocycles. The van der Waals surface area contributed by atoms with Crippen LogP contribution in [0.4, 0.5) is 0 Å². The summed E-state index contributed by atoms with van der Waals surface area (Å²) in [5.74, 6) is 1.05. The first-order valence-electron chi connectivity index (χ1n) is 5.01. The average Bonchev–Trinajstić information content (AvgIpc) is 2.61. The predicted molar refractivity (Wildman–Crippen MR) is 65.9 cm³/mol. The number of carbonyl (C=O) groups excluding carboxylic acids is 1. The quantitative estimate of drug-likeness (QED) is 0.810. The molecule has 0 aromatic carbocycles. The molecule has 0 bridgehead atoms. The van der Waals surface area contributed by atoms with E-state index in [-0.39, 0.29) is 10.9 Å². The van der Waals surface area contributed by atoms with Gasteiger partial charge in [0, 0.05) is 7.05 Å². The van der Waals surface area contributed by atoms with Crippen molar-refractivity contribution in [1.29, 1.82) is 0 Å². The maximum absolute atomic E-state index is 11.8. The molecule has 1 rings (SSSR count). The Balaban J connectivity index is 2.62. The lowest BCUT2D eigenvalue weighted by atomic mass is 10.1. The second-order valence-electron chi connectivity index (χ2n) is 3.83. The van der Waals surface area contributed by atoms with Crippen LogP contribution >= 0.6 is 12.2 Å². The van der Waals surface area contributed by atoms with Gasteiger partial charge < -0.3 is 15.1 Å². The van der Waals surface area contributed by atoms with Crippen molar-refractivity contribution in [2.75, 3.05) is 7.05 Å². The van der Waals surface area contributed by atoms with Crippen molar-refractivity contribution in [3.63, 3.8) is 0 Å². The Morgan fingerprint density at radius 1 is 1.62 bits per heavy atom. The third-order valence-corrected chi connectivity index (χ3v) is 2.72. The molecule has 1 unspecified atom stereocenters. The number of amides is 1. The molecule has 0 aliphatic rings. The molecule has 88 valence electrons. The summed E-state index contributed by atoms with van der Waals surface area (Å²) in [6, 6.07) is 3.72. The maximum atomic E-state index is 11.8. The van der Waals surface area contributed by atoms with Gasteiger partial charge >= 0.3 is 0 Å². The van der Waals surface area contributed by atoms with E-state index in [0.717, 1.165) is 11.5 Å². The first-order valence-corrected chi connectivity index (χ1v) is 5.42. The Labute approximate surface area is 100 Å². The summed E-state index contributed by atoms with van der Waals surface area (Å²) < 4.78 is 5.39. The van der Waals surface area contributed by atoms with Crippen molar-refractivity contribution < 1.29 is 9.21 Å². The number of carbonyl (C=O) groups is 1. The van der Waals surface area contributed by atoms with Crippen molar-refractivity contribution in [1.82, 2.24) is 4.90 Å². The van der Waals surface area contributed by atoms with Gasteiger partial charge in [0.1, 0.15) is 11.5 Å². The van der Waals surface area contributed by atoms with Gasteiger partial charge in [-0.1, -0.05) is 12.2 Å². The first kappa shape index (κ1) is 12.7. The van der Waals surface area contributed by atoms with Gasteiger partial charge in [-0.15, -0.1) is 0 Å². The number of furan rings is 1. The fourth-order valence-electron chi connectivity index (χ4n) is 1.33. The normalized spacial score (nSPS) is 12.2. The van der Waals surface area contributed by atoms with Gasteiger partial charge in [0.05, 0.1) is 17.5 Å². The number of hydrogen-bond acceptors (Lipinski definition) is 3. The van der Waals surface area contributed by atoms with Crippen LogP contribution in [0.25, 0.3) is 0 Å². The van der Waals surface area contributed by atoms with Gasteiger partial charge in [-0.3, -0.25) is 4.79 Å². The van der Waals surface area contributed by atoms with Gasteiger partial charge in [0.15, 0.2) is 0 Å². The molecule has 16 heavy (non-hydrogen) atoms. The highest BCUT2D eigenvalue weighted by Crippen LogP contribution is 2.10. The van der Waals surface area contributed by atoms with Crippen LogP contribution in [-0.2, 0) is 11.3 Å². The molecule has 2 N–H and O–H groups in total. The van der Waals surface area contributed by atoms with Crippen LogP contribution in [0.2, 0.25) is 0 Å². The van der Waals surface area contributed by atoms with Gasteiger partial charge in [-0.05, 0) is 26.0 Å². The third-order valence-electron chi connectivity index (χ3n) is 2.36. The van der Waals surface area contributed by atoms with Crippen molar-refractivity contribution in [2.45, 2.75) is 20.4 Å². The molecule has 1 amide bonds. The molecule has 1 aromatic heterocycles. The maximum Gasteiger partial charge on any atom is 0.232 e. The summed E-state index contributed by atoms with van der Waals surface area (Å²) >= 11 is 4.79. The molecule has 1 atom stereocenters. The third kappa shape index (κ3) is 3.06. The Hall–Kier alpha value is -1.36. The number of nitrogens with two attached hydrogens (primary N) is 1. The highest BCUT2D eigenvalue weighted by molar-refractivity contribution is 7.80. The number of hydrogen-bond donors (Lipinski definition) is 1. The standard InChI is InChI=1S/C11H16N2O2S/c1-7-4-5-9(15-7)6-13(3)11(14)8(2)10(12)16/h4-5,8H,6H2,1-3H3,(H2,12,16). The minimum atomic E-state index is -0.434. The van der Waals surface area contributed by atoms with Crippen molar-refractivity contribution >= 4 is 23.1 Å². The van der Waals surface area contributed by atoms with E-state index in [0.29, 0.717) is 6.54 Å². The highest BCUT2D eigenvalue weighted by Gasteiger charge is 2.20. The zero-order valence-corrected chi connectivity index (χ0v) is 10.5. The molecular formula is C11H16N2O2S. The Kier molecular flexibility index (Phi) is 4.06. The van der Waals surface area contributed by atoms with Gasteiger partial charge in [-0.2, -0.15) is 0 Å². The van der Waals surface area contributed by atoms with E-state index in [1.807, 2.05) is 19.1 Å². The van der Waals surface area contributed by atoms with Crippen molar-refractivity contribution in [2.24, 2.45) is 11.7 Å². The lowest BCUT2D eigenvalue weighted by Gasteiger charge is -2.19. The summed E-state index contributed by atoms with van der Waals surface area (Å²) in [4.78, 5) is 13.6. The highest BCUT2D eigenvalue weighted by atomic mass is 32.1. The summed E-state index contributed by atoms with van der Waals surface area (Å²) in [6.07, 6.45) is 0. The number of rotatable bonds is 4. The lowest BCUT2D eigenvalue weighted by molar-refractivity contribution is -0.132. The van der Waals surface area contributed by atoms with Gasteiger partial charge in [-0.25, -0.2) is 0 Å². The van der Waals surface area contributed by atoms with Crippen LogP contribution in [0.1, 0.15) is 18.4 Å². The summed E-state index contributed by atoms with van der Waals surface area (Å²) in [6.45, 7) is 4.00. The largest absolute Gasteiger partial charge is 0.464 e. The smallest absolute Gasteiger partial charge is 0.232 e. The van der Waals surface area contributed by atoms with E-state index in [1.165, 1.54) is 0 Å². The molecule has 0 aliphatic heterocycles. The van der Waals surface area contributed by atoms with E-state index in [2.05, 4.69) is 0 Å². The molecule has 0 aliphatic carbocycles. The Bertz CT molecular complexity index is 400. The molecule has 0 fully saturated rings. The zero-order valence-electron chi connectivity index (χ0n) is 9.69. The van der Waals surface area contributed by atoms with Crippen LogP contribution < -0.4 is 5.73 Å². The lowest BCUT2D eigenvalue weighted by Crippen LogP contribution is -2.37. The van der Waals surface area contributed by atoms with E-state index < -0.39 is 5.92 Å². The van der Waals surface area contributed by atoms with E-state index in [1.54, 1.807) is 18.9 Å².